The van der Waals surface area contributed by atoms with E-state index in [0.29, 0.717) is 35.5 Å². The van der Waals surface area contributed by atoms with E-state index in [1.165, 1.54) is 10.9 Å². The molecule has 0 fully saturated rings. The van der Waals surface area contributed by atoms with E-state index in [-0.39, 0.29) is 24.4 Å². The van der Waals surface area contributed by atoms with E-state index >= 15 is 0 Å². The molecule has 0 N–H and O–H groups in total. The molecule has 152 valence electrons. The number of para-hydroxylation sites is 1. The van der Waals surface area contributed by atoms with Crippen molar-refractivity contribution in [3.63, 3.8) is 0 Å². The zero-order chi connectivity index (χ0) is 20.8. The van der Waals surface area contributed by atoms with Gasteiger partial charge in [0.05, 0.1) is 31.4 Å². The molecule has 0 saturated heterocycles. The third-order valence-electron chi connectivity index (χ3n) is 4.85. The molecule has 0 spiro atoms. The van der Waals surface area contributed by atoms with Crippen LogP contribution >= 0.6 is 0 Å². The van der Waals surface area contributed by atoms with Gasteiger partial charge in [0, 0.05) is 26.1 Å². The first-order valence-electron chi connectivity index (χ1n) is 9.50. The van der Waals surface area contributed by atoms with Crippen LogP contribution in [0.1, 0.15) is 18.9 Å². The maximum absolute atomic E-state index is 12.7. The second kappa shape index (κ2) is 9.23. The third-order valence-corrected chi connectivity index (χ3v) is 4.85. The number of methoxy groups -OCH3 is 2. The predicted molar refractivity (Wildman–Crippen MR) is 111 cm³/mol. The molecule has 0 radical (unpaired) electrons. The lowest BCUT2D eigenvalue weighted by atomic mass is 10.1. The van der Waals surface area contributed by atoms with Crippen LogP contribution in [0.3, 0.4) is 0 Å². The lowest BCUT2D eigenvalue weighted by Crippen LogP contribution is -2.32. The number of benzene rings is 2. The van der Waals surface area contributed by atoms with Gasteiger partial charge in [-0.3, -0.25) is 14.2 Å². The van der Waals surface area contributed by atoms with E-state index < -0.39 is 0 Å². The molecule has 2 aromatic carbocycles. The summed E-state index contributed by atoms with van der Waals surface area (Å²) in [5, 5.41) is 0.556. The second-order valence-electron chi connectivity index (χ2n) is 6.61. The highest BCUT2D eigenvalue weighted by Crippen LogP contribution is 2.28. The van der Waals surface area contributed by atoms with Crippen LogP contribution in [0, 0.1) is 0 Å². The highest BCUT2D eigenvalue weighted by atomic mass is 16.5. The Hall–Kier alpha value is -3.35. The Morgan fingerprint density at radius 3 is 2.59 bits per heavy atom. The van der Waals surface area contributed by atoms with Crippen LogP contribution < -0.4 is 15.0 Å². The molecule has 0 bridgehead atoms. The van der Waals surface area contributed by atoms with E-state index in [1.807, 2.05) is 37.3 Å². The molecule has 1 heterocycles. The van der Waals surface area contributed by atoms with Gasteiger partial charge in [-0.2, -0.15) is 0 Å². The standard InChI is InChI=1S/C22H25N3O4/c1-4-24(14-16-9-10-19(28-2)20(13-16)29-3)21(26)11-12-25-15-23-18-8-6-5-7-17(18)22(25)27/h5-10,13,15H,4,11-12,14H2,1-3H3. The van der Waals surface area contributed by atoms with E-state index in [2.05, 4.69) is 4.98 Å². The maximum Gasteiger partial charge on any atom is 0.261 e. The summed E-state index contributed by atoms with van der Waals surface area (Å²) in [5.74, 6) is 1.25. The molecule has 1 aromatic heterocycles. The third kappa shape index (κ3) is 4.56. The van der Waals surface area contributed by atoms with Gasteiger partial charge in [-0.1, -0.05) is 18.2 Å². The van der Waals surface area contributed by atoms with Crippen LogP contribution in [0.4, 0.5) is 0 Å². The highest BCUT2D eigenvalue weighted by Gasteiger charge is 2.14. The quantitative estimate of drug-likeness (QED) is 0.586. The molecule has 3 aromatic rings. The van der Waals surface area contributed by atoms with Crippen LogP contribution in [0.5, 0.6) is 11.5 Å². The number of hydrogen-bond acceptors (Lipinski definition) is 5. The maximum atomic E-state index is 12.7. The van der Waals surface area contributed by atoms with Crippen molar-refractivity contribution in [2.75, 3.05) is 20.8 Å². The number of amides is 1. The van der Waals surface area contributed by atoms with E-state index in [1.54, 1.807) is 31.3 Å². The van der Waals surface area contributed by atoms with E-state index in [9.17, 15) is 9.59 Å². The number of fused-ring (bicyclic) bond motifs is 1. The summed E-state index contributed by atoms with van der Waals surface area (Å²) in [5.41, 5.74) is 1.47. The van der Waals surface area contributed by atoms with Crippen molar-refractivity contribution in [3.05, 3.63) is 64.7 Å². The van der Waals surface area contributed by atoms with Gasteiger partial charge in [0.25, 0.3) is 5.56 Å². The lowest BCUT2D eigenvalue weighted by Gasteiger charge is -2.22. The summed E-state index contributed by atoms with van der Waals surface area (Å²) in [6.07, 6.45) is 1.73. The number of carbonyl (C=O) groups is 1. The Bertz CT molecular complexity index is 1060. The zero-order valence-corrected chi connectivity index (χ0v) is 16.9. The predicted octanol–water partition coefficient (Wildman–Crippen LogP) is 2.85. The summed E-state index contributed by atoms with van der Waals surface area (Å²) < 4.78 is 12.1. The molecule has 7 nitrogen and oxygen atoms in total. The summed E-state index contributed by atoms with van der Waals surface area (Å²) in [6.45, 7) is 3.25. The SMILES string of the molecule is CCN(Cc1ccc(OC)c(OC)c1)C(=O)CCn1cnc2ccccc2c1=O. The smallest absolute Gasteiger partial charge is 0.261 e. The normalized spacial score (nSPS) is 10.7. The molecule has 29 heavy (non-hydrogen) atoms. The number of ether oxygens (including phenoxy) is 2. The van der Waals surface area contributed by atoms with E-state index in [0.717, 1.165) is 5.56 Å². The summed E-state index contributed by atoms with van der Waals surface area (Å²) >= 11 is 0. The second-order valence-corrected chi connectivity index (χ2v) is 6.61. The fraction of sp³-hybridized carbons (Fsp3) is 0.318. The van der Waals surface area contributed by atoms with Crippen molar-refractivity contribution in [3.8, 4) is 11.5 Å². The van der Waals surface area contributed by atoms with Gasteiger partial charge >= 0.3 is 0 Å². The molecule has 7 heteroatoms. The van der Waals surface area contributed by atoms with Crippen LogP contribution in [0.2, 0.25) is 0 Å². The van der Waals surface area contributed by atoms with Gasteiger partial charge in [0.1, 0.15) is 0 Å². The van der Waals surface area contributed by atoms with Crippen LogP contribution in [-0.4, -0.2) is 41.1 Å². The highest BCUT2D eigenvalue weighted by molar-refractivity contribution is 5.77. The van der Waals surface area contributed by atoms with Gasteiger partial charge in [-0.05, 0) is 36.8 Å². The average molecular weight is 395 g/mol. The fourth-order valence-electron chi connectivity index (χ4n) is 3.22. The first-order valence-corrected chi connectivity index (χ1v) is 9.50. The molecular formula is C22H25N3O4. The molecule has 0 unspecified atom stereocenters. The minimum Gasteiger partial charge on any atom is -0.493 e. The topological polar surface area (TPSA) is 73.7 Å². The molecular weight excluding hydrogens is 370 g/mol. The van der Waals surface area contributed by atoms with Crippen molar-refractivity contribution < 1.29 is 14.3 Å². The Morgan fingerprint density at radius 2 is 1.86 bits per heavy atom. The summed E-state index contributed by atoms with van der Waals surface area (Å²) in [6, 6.07) is 12.8. The van der Waals surface area contributed by atoms with Crippen molar-refractivity contribution >= 4 is 16.8 Å². The molecule has 0 aliphatic heterocycles. The number of hydrogen-bond donors (Lipinski definition) is 0. The number of rotatable bonds is 8. The molecule has 0 aliphatic rings. The van der Waals surface area contributed by atoms with Crippen LogP contribution in [0.25, 0.3) is 10.9 Å². The van der Waals surface area contributed by atoms with Crippen molar-refractivity contribution in [1.82, 2.24) is 14.5 Å². The number of aromatic nitrogens is 2. The average Bonchev–Trinajstić information content (AvgIpc) is 2.76. The number of nitrogens with zero attached hydrogens (tertiary/aromatic N) is 3. The largest absolute Gasteiger partial charge is 0.493 e. The molecule has 3 rings (SSSR count). The minimum atomic E-state index is -0.133. The molecule has 0 aliphatic carbocycles. The minimum absolute atomic E-state index is 0.0256. The van der Waals surface area contributed by atoms with Gasteiger partial charge < -0.3 is 14.4 Å². The Balaban J connectivity index is 1.69. The number of aryl methyl sites for hydroxylation is 1. The van der Waals surface area contributed by atoms with Gasteiger partial charge in [0.2, 0.25) is 5.91 Å². The van der Waals surface area contributed by atoms with Crippen LogP contribution in [0.15, 0.2) is 53.6 Å². The number of carbonyl (C=O) groups excluding carboxylic acids is 1. The van der Waals surface area contributed by atoms with Gasteiger partial charge in [-0.15, -0.1) is 0 Å². The monoisotopic (exact) mass is 395 g/mol. The van der Waals surface area contributed by atoms with Gasteiger partial charge in [-0.25, -0.2) is 4.98 Å². The molecule has 0 atom stereocenters. The zero-order valence-electron chi connectivity index (χ0n) is 16.9. The van der Waals surface area contributed by atoms with Crippen LogP contribution in [-0.2, 0) is 17.9 Å². The van der Waals surface area contributed by atoms with Gasteiger partial charge in [0.15, 0.2) is 11.5 Å². The Kier molecular flexibility index (Phi) is 6.49. The first-order chi connectivity index (χ1) is 14.1. The Morgan fingerprint density at radius 1 is 1.10 bits per heavy atom. The van der Waals surface area contributed by atoms with Crippen molar-refractivity contribution in [2.45, 2.75) is 26.4 Å². The fourth-order valence-corrected chi connectivity index (χ4v) is 3.22. The summed E-state index contributed by atoms with van der Waals surface area (Å²) in [7, 11) is 3.17. The molecule has 0 saturated carbocycles. The lowest BCUT2D eigenvalue weighted by molar-refractivity contribution is -0.131. The Labute approximate surface area is 169 Å². The summed E-state index contributed by atoms with van der Waals surface area (Å²) in [4.78, 5) is 31.4. The van der Waals surface area contributed by atoms with E-state index in [4.69, 9.17) is 9.47 Å². The van der Waals surface area contributed by atoms with Crippen molar-refractivity contribution in [1.29, 1.82) is 0 Å². The molecule has 1 amide bonds. The first kappa shape index (κ1) is 20.4. The van der Waals surface area contributed by atoms with Crippen molar-refractivity contribution in [2.24, 2.45) is 0 Å².